The number of benzene rings is 2. The van der Waals surface area contributed by atoms with E-state index in [1.54, 1.807) is 12.3 Å². The third kappa shape index (κ3) is 3.08. The van der Waals surface area contributed by atoms with Gasteiger partial charge in [-0.05, 0) is 6.07 Å². The largest absolute Gasteiger partial charge is 0.476 e. The minimum atomic E-state index is -1.08. The zero-order valence-corrected chi connectivity index (χ0v) is 13.6. The van der Waals surface area contributed by atoms with Crippen LogP contribution in [-0.2, 0) is 0 Å². The van der Waals surface area contributed by atoms with Gasteiger partial charge in [-0.15, -0.1) is 0 Å². The fourth-order valence-electron chi connectivity index (χ4n) is 2.59. The Morgan fingerprint density at radius 3 is 2.12 bits per heavy atom. The zero-order valence-electron chi connectivity index (χ0n) is 13.6. The lowest BCUT2D eigenvalue weighted by Crippen LogP contribution is -2.05. The quantitative estimate of drug-likeness (QED) is 0.612. The fourth-order valence-corrected chi connectivity index (χ4v) is 2.59. The molecule has 0 atom stereocenters. The summed E-state index contributed by atoms with van der Waals surface area (Å²) in [5, 5.41) is 13.2. The second-order valence-electron chi connectivity index (χ2n) is 5.62. The predicted octanol–water partition coefficient (Wildman–Crippen LogP) is 3.69. The topological polar surface area (TPSA) is 80.9 Å². The second-order valence-corrected chi connectivity index (χ2v) is 5.62. The first-order valence-electron chi connectivity index (χ1n) is 8.00. The normalized spacial score (nSPS) is 10.6. The zero-order chi connectivity index (χ0) is 17.9. The van der Waals surface area contributed by atoms with Crippen LogP contribution in [0.2, 0.25) is 0 Å². The molecule has 0 saturated heterocycles. The van der Waals surface area contributed by atoms with Gasteiger partial charge in [0, 0.05) is 23.4 Å². The van der Waals surface area contributed by atoms with Crippen molar-refractivity contribution in [1.29, 1.82) is 0 Å². The van der Waals surface area contributed by atoms with Crippen LogP contribution in [0.1, 0.15) is 10.5 Å². The smallest absolute Gasteiger partial charge is 0.356 e. The molecule has 2 heterocycles. The monoisotopic (exact) mass is 342 g/mol. The van der Waals surface area contributed by atoms with E-state index in [9.17, 15) is 4.79 Å². The van der Waals surface area contributed by atoms with Gasteiger partial charge in [0.25, 0.3) is 0 Å². The molecule has 0 radical (unpaired) electrons. The first-order valence-corrected chi connectivity index (χ1v) is 8.00. The van der Waals surface area contributed by atoms with Gasteiger partial charge in [-0.1, -0.05) is 60.7 Å². The molecule has 0 bridgehead atoms. The van der Waals surface area contributed by atoms with Crippen molar-refractivity contribution in [3.05, 3.63) is 84.7 Å². The third-order valence-corrected chi connectivity index (χ3v) is 3.86. The molecule has 126 valence electrons. The summed E-state index contributed by atoms with van der Waals surface area (Å²) in [6.07, 6.45) is 1.58. The number of carboxylic acid groups (broad SMARTS) is 1. The molecule has 6 nitrogen and oxygen atoms in total. The van der Waals surface area contributed by atoms with Crippen molar-refractivity contribution < 1.29 is 9.90 Å². The number of carbonyl (C=O) groups is 1. The summed E-state index contributed by atoms with van der Waals surface area (Å²) in [6.45, 7) is 0. The molecular weight excluding hydrogens is 328 g/mol. The van der Waals surface area contributed by atoms with E-state index < -0.39 is 5.97 Å². The Morgan fingerprint density at radius 2 is 1.50 bits per heavy atom. The molecule has 1 N–H and O–H groups in total. The van der Waals surface area contributed by atoms with Gasteiger partial charge in [0.1, 0.15) is 0 Å². The minimum Gasteiger partial charge on any atom is -0.476 e. The van der Waals surface area contributed by atoms with Gasteiger partial charge in [0.15, 0.2) is 17.3 Å². The maximum atomic E-state index is 11.1. The Morgan fingerprint density at radius 1 is 0.846 bits per heavy atom. The van der Waals surface area contributed by atoms with Crippen LogP contribution in [0.15, 0.2) is 79.0 Å². The lowest BCUT2D eigenvalue weighted by molar-refractivity contribution is 0.0690. The van der Waals surface area contributed by atoms with E-state index in [0.29, 0.717) is 11.6 Å². The lowest BCUT2D eigenvalue weighted by Gasteiger charge is -2.09. The summed E-state index contributed by atoms with van der Waals surface area (Å²) in [5.74, 6) is -0.0242. The van der Waals surface area contributed by atoms with E-state index in [-0.39, 0.29) is 5.69 Å². The number of aromatic nitrogens is 4. The highest BCUT2D eigenvalue weighted by atomic mass is 16.4. The molecule has 0 aliphatic heterocycles. The molecule has 4 aromatic rings. The Bertz CT molecular complexity index is 1000. The summed E-state index contributed by atoms with van der Waals surface area (Å²) in [6, 6.07) is 22.6. The highest BCUT2D eigenvalue weighted by molar-refractivity contribution is 5.85. The van der Waals surface area contributed by atoms with Crippen LogP contribution in [0.4, 0.5) is 0 Å². The van der Waals surface area contributed by atoms with E-state index in [1.165, 1.54) is 10.7 Å². The maximum absolute atomic E-state index is 11.1. The number of hydrogen-bond donors (Lipinski definition) is 1. The molecule has 2 aromatic heterocycles. The average molecular weight is 342 g/mol. The van der Waals surface area contributed by atoms with Gasteiger partial charge >= 0.3 is 5.97 Å². The molecule has 0 amide bonds. The second kappa shape index (κ2) is 6.60. The van der Waals surface area contributed by atoms with Crippen molar-refractivity contribution >= 4 is 5.97 Å². The third-order valence-electron chi connectivity index (χ3n) is 3.86. The summed E-state index contributed by atoms with van der Waals surface area (Å²) in [5.41, 5.74) is 2.52. The molecule has 4 rings (SSSR count). The predicted molar refractivity (Wildman–Crippen MR) is 97.0 cm³/mol. The van der Waals surface area contributed by atoms with E-state index in [4.69, 9.17) is 5.11 Å². The Balaban J connectivity index is 1.89. The Hall–Kier alpha value is -3.80. The molecule has 0 fully saturated rings. The summed E-state index contributed by atoms with van der Waals surface area (Å²) in [7, 11) is 0. The SMILES string of the molecule is O=C(O)c1ccn(-c2cc(-c3ccccc3)nc(-c3ccccc3)n2)n1. The average Bonchev–Trinajstić information content (AvgIpc) is 3.20. The number of hydrogen-bond acceptors (Lipinski definition) is 4. The van der Waals surface area contributed by atoms with Crippen molar-refractivity contribution in [3.63, 3.8) is 0 Å². The molecule has 0 aliphatic carbocycles. The Labute approximate surface area is 149 Å². The molecular formula is C20H14N4O2. The van der Waals surface area contributed by atoms with Crippen LogP contribution in [0.3, 0.4) is 0 Å². The minimum absolute atomic E-state index is 0.0360. The van der Waals surface area contributed by atoms with Crippen LogP contribution in [0, 0.1) is 0 Å². The first kappa shape index (κ1) is 15.7. The van der Waals surface area contributed by atoms with Gasteiger partial charge in [-0.3, -0.25) is 0 Å². The van der Waals surface area contributed by atoms with Gasteiger partial charge in [0.2, 0.25) is 0 Å². The summed E-state index contributed by atoms with van der Waals surface area (Å²) in [4.78, 5) is 20.4. The van der Waals surface area contributed by atoms with E-state index >= 15 is 0 Å². The van der Waals surface area contributed by atoms with Crippen molar-refractivity contribution in [1.82, 2.24) is 19.7 Å². The highest BCUT2D eigenvalue weighted by Crippen LogP contribution is 2.23. The van der Waals surface area contributed by atoms with Crippen LogP contribution >= 0.6 is 0 Å². The van der Waals surface area contributed by atoms with Crippen molar-refractivity contribution in [2.24, 2.45) is 0 Å². The highest BCUT2D eigenvalue weighted by Gasteiger charge is 2.13. The molecule has 6 heteroatoms. The number of aromatic carboxylic acids is 1. The van der Waals surface area contributed by atoms with Gasteiger partial charge in [0.05, 0.1) is 5.69 Å². The van der Waals surface area contributed by atoms with Crippen LogP contribution in [0.25, 0.3) is 28.5 Å². The molecule has 0 aliphatic rings. The number of nitrogens with zero attached hydrogens (tertiary/aromatic N) is 4. The molecule has 2 aromatic carbocycles. The number of rotatable bonds is 4. The number of carboxylic acids is 1. The first-order chi connectivity index (χ1) is 12.7. The molecule has 0 saturated carbocycles. The summed E-state index contributed by atoms with van der Waals surface area (Å²) < 4.78 is 1.45. The van der Waals surface area contributed by atoms with Crippen molar-refractivity contribution in [3.8, 4) is 28.5 Å². The molecule has 26 heavy (non-hydrogen) atoms. The summed E-state index contributed by atoms with van der Waals surface area (Å²) >= 11 is 0. The van der Waals surface area contributed by atoms with Crippen LogP contribution in [0.5, 0.6) is 0 Å². The fraction of sp³-hybridized carbons (Fsp3) is 0. The van der Waals surface area contributed by atoms with E-state index in [2.05, 4.69) is 15.1 Å². The van der Waals surface area contributed by atoms with E-state index in [0.717, 1.165) is 16.8 Å². The maximum Gasteiger partial charge on any atom is 0.356 e. The van der Waals surface area contributed by atoms with Crippen molar-refractivity contribution in [2.45, 2.75) is 0 Å². The van der Waals surface area contributed by atoms with Crippen LogP contribution in [-0.4, -0.2) is 30.8 Å². The van der Waals surface area contributed by atoms with E-state index in [1.807, 2.05) is 60.7 Å². The standard InChI is InChI=1S/C20H14N4O2/c25-20(26)16-11-12-24(23-16)18-13-17(14-7-3-1-4-8-14)21-19(22-18)15-9-5-2-6-10-15/h1-13H,(H,25,26). The van der Waals surface area contributed by atoms with Crippen LogP contribution < -0.4 is 0 Å². The Kier molecular flexibility index (Phi) is 3.99. The molecule has 0 unspecified atom stereocenters. The lowest BCUT2D eigenvalue weighted by atomic mass is 10.1. The van der Waals surface area contributed by atoms with Gasteiger partial charge < -0.3 is 5.11 Å². The molecule has 0 spiro atoms. The van der Waals surface area contributed by atoms with Crippen molar-refractivity contribution in [2.75, 3.05) is 0 Å². The van der Waals surface area contributed by atoms with Gasteiger partial charge in [-0.25, -0.2) is 19.4 Å². The van der Waals surface area contributed by atoms with Gasteiger partial charge in [-0.2, -0.15) is 5.10 Å².